The second-order valence-electron chi connectivity index (χ2n) is 16.9. The lowest BCUT2D eigenvalue weighted by Gasteiger charge is -2.10. The van der Waals surface area contributed by atoms with Gasteiger partial charge in [-0.3, -0.25) is 38.4 Å². The Hall–Kier alpha value is -9.45. The third-order valence-electron chi connectivity index (χ3n) is 11.0. The molecule has 0 unspecified atom stereocenters. The molecule has 406 valence electrons. The fourth-order valence-corrected chi connectivity index (χ4v) is 7.14. The summed E-state index contributed by atoms with van der Waals surface area (Å²) < 4.78 is 40.8. The van der Waals surface area contributed by atoms with Crippen molar-refractivity contribution in [1.82, 2.24) is 48.3 Å². The van der Waals surface area contributed by atoms with Gasteiger partial charge in [0.1, 0.15) is 34.4 Å². The lowest BCUT2D eigenvalue weighted by Crippen LogP contribution is -2.67. The summed E-state index contributed by atoms with van der Waals surface area (Å²) in [7, 11) is 9.87. The number of imidazole rings is 1. The lowest BCUT2D eigenvalue weighted by molar-refractivity contribution is -0.403. The molecule has 0 aliphatic heterocycles. The first kappa shape index (κ1) is 57.5. The summed E-state index contributed by atoms with van der Waals surface area (Å²) in [6.45, 7) is 0.104. The van der Waals surface area contributed by atoms with Crippen LogP contribution in [0, 0.1) is 0 Å². The maximum Gasteiger partial charge on any atom is 0.430 e. The number of halogens is 3. The minimum absolute atomic E-state index is 0.0278. The quantitative estimate of drug-likeness (QED) is 0.0441. The van der Waals surface area contributed by atoms with Crippen LogP contribution in [0.4, 0.5) is 41.6 Å². The molecular weight excluding hydrogens is 1010 g/mol. The van der Waals surface area contributed by atoms with Crippen molar-refractivity contribution < 1.29 is 72.3 Å². The van der Waals surface area contributed by atoms with E-state index >= 15 is 0 Å². The number of carbonyl (C=O) groups is 9. The molecule has 6 rings (SSSR count). The van der Waals surface area contributed by atoms with Crippen LogP contribution < -0.4 is 53.4 Å². The standard InChI is InChI=1S/C44H54N16O9.C2HF3O2/c1-55-13-11-47-37(55)44(69)54-29-19-35(60(6)24-29)43(68)52-26-15-31(56(2)21-26)39(64)48-9-7-30(45)38(63)50-25-17-33(58(4)20-25)41(66)53-28-18-34(59(5)23-28)42(67)51-27-16-32(57(3)22-27)40(65)49-10-8-36(62)46-12-14-61;3-2(4,5)1(6)7/h11,13,15-24,30,61H,7-10,12,14,45H2,1-6H3,(H,46,62)(H,48,64)(H,49,65)(H,50,63)(H,51,67)(H,52,68)(H,53,66)(H,54,69);(H,6,7)/t30-;/m1./s1. The molecule has 6 heterocycles. The number of aryl methyl sites for hydroxylation is 6. The number of nitrogens with one attached hydrogen (secondary N) is 8. The number of hydrogen-bond acceptors (Lipinski definition) is 12. The predicted molar refractivity (Wildman–Crippen MR) is 262 cm³/mol. The topological polar surface area (TPSA) is 363 Å². The highest BCUT2D eigenvalue weighted by atomic mass is 19.4. The van der Waals surface area contributed by atoms with Crippen molar-refractivity contribution in [2.75, 3.05) is 52.8 Å². The summed E-state index contributed by atoms with van der Waals surface area (Å²) in [5.74, 6) is -6.40. The van der Waals surface area contributed by atoms with Crippen LogP contribution in [0.1, 0.15) is 75.9 Å². The van der Waals surface area contributed by atoms with Crippen LogP contribution in [0.3, 0.4) is 0 Å². The molecule has 0 saturated heterocycles. The fraction of sp³-hybridized carbons (Fsp3) is 0.304. The Bertz CT molecular complexity index is 3160. The van der Waals surface area contributed by atoms with Crippen molar-refractivity contribution in [3.63, 3.8) is 0 Å². The monoisotopic (exact) mass is 1060 g/mol. The van der Waals surface area contributed by atoms with Crippen molar-refractivity contribution in [3.05, 3.63) is 108 Å². The second-order valence-corrected chi connectivity index (χ2v) is 16.9. The number of aliphatic carboxylic acids is 1. The largest absolute Gasteiger partial charge is 0.542 e. The number of nitrogens with zero attached hydrogens (tertiary/aromatic N) is 7. The average Bonchev–Trinajstić information content (AvgIpc) is 4.21. The first-order valence-corrected chi connectivity index (χ1v) is 22.7. The van der Waals surface area contributed by atoms with Gasteiger partial charge in [0, 0.05) is 118 Å². The summed E-state index contributed by atoms with van der Waals surface area (Å²) >= 11 is 0. The molecule has 0 aromatic carbocycles. The zero-order valence-electron chi connectivity index (χ0n) is 41.7. The van der Waals surface area contributed by atoms with Gasteiger partial charge < -0.3 is 90.7 Å². The van der Waals surface area contributed by atoms with Gasteiger partial charge >= 0.3 is 6.18 Å². The van der Waals surface area contributed by atoms with Crippen molar-refractivity contribution in [2.24, 2.45) is 42.3 Å². The number of rotatable bonds is 20. The molecule has 0 radical (unpaired) electrons. The normalized spacial score (nSPS) is 11.4. The molecule has 1 atom stereocenters. The van der Waals surface area contributed by atoms with E-state index in [1.807, 2.05) is 0 Å². The number of carboxylic acids is 1. The van der Waals surface area contributed by atoms with E-state index in [2.05, 4.69) is 53.3 Å². The van der Waals surface area contributed by atoms with E-state index < -0.39 is 59.5 Å². The van der Waals surface area contributed by atoms with E-state index in [1.54, 1.807) is 93.2 Å². The van der Waals surface area contributed by atoms with E-state index in [4.69, 9.17) is 15.0 Å². The molecule has 0 fully saturated rings. The van der Waals surface area contributed by atoms with Crippen molar-refractivity contribution >= 4 is 81.7 Å². The number of carbonyl (C=O) groups excluding carboxylic acids is 9. The number of amides is 8. The maximum absolute atomic E-state index is 13.3. The lowest BCUT2D eigenvalue weighted by atomic mass is 10.2. The van der Waals surface area contributed by atoms with Crippen LogP contribution in [0.25, 0.3) is 0 Å². The molecule has 6 aromatic rings. The van der Waals surface area contributed by atoms with Gasteiger partial charge in [-0.15, -0.1) is 0 Å². The zero-order valence-corrected chi connectivity index (χ0v) is 41.7. The summed E-state index contributed by atoms with van der Waals surface area (Å²) in [5.41, 5.74) is 6.82. The first-order chi connectivity index (χ1) is 35.7. The minimum atomic E-state index is -5.19. The minimum Gasteiger partial charge on any atom is -0.542 e. The van der Waals surface area contributed by atoms with Crippen LogP contribution in [0.5, 0.6) is 0 Å². The van der Waals surface area contributed by atoms with Gasteiger partial charge in [0.15, 0.2) is 11.9 Å². The van der Waals surface area contributed by atoms with Gasteiger partial charge in [-0.05, 0) is 30.3 Å². The summed E-state index contributed by atoms with van der Waals surface area (Å²) in [6.07, 6.45) is 5.99. The second kappa shape index (κ2) is 25.0. The van der Waals surface area contributed by atoms with E-state index in [0.29, 0.717) is 28.4 Å². The number of hydrogen-bond donors (Lipinski definition) is 10. The van der Waals surface area contributed by atoms with E-state index in [-0.39, 0.29) is 79.3 Å². The molecular formula is C46H55F3N16O11. The number of aliphatic hydroxyl groups excluding tert-OH is 1. The van der Waals surface area contributed by atoms with E-state index in [0.717, 1.165) is 0 Å². The van der Waals surface area contributed by atoms with Crippen LogP contribution in [-0.2, 0) is 56.7 Å². The SMILES string of the molecule is Cn1cc(NC(=O)c2cc(NC(=O)c3cc(NC(=O)[C@H]([NH3+])CCNC(=O)c4cc(NC(=O)c5cc(NC(=O)c6nccn6C)cn5C)cn4C)cn3C)cn2C)cc1C(=O)NCCC(=O)NCCO.O=C([O-])C(F)(F)F. The van der Waals surface area contributed by atoms with Crippen molar-refractivity contribution in [2.45, 2.75) is 25.1 Å². The van der Waals surface area contributed by atoms with Gasteiger partial charge in [-0.2, -0.15) is 13.2 Å². The number of aliphatic hydroxyl groups is 1. The third kappa shape index (κ3) is 15.3. The van der Waals surface area contributed by atoms with Gasteiger partial charge in [-0.1, -0.05) is 0 Å². The van der Waals surface area contributed by atoms with Gasteiger partial charge in [0.2, 0.25) is 5.91 Å². The Balaban J connectivity index is 0.00000142. The molecule has 30 heteroatoms. The predicted octanol–water partition coefficient (Wildman–Crippen LogP) is -0.982. The molecule has 27 nitrogen and oxygen atoms in total. The number of aromatic nitrogens is 7. The molecule has 0 aliphatic rings. The number of carboxylic acid groups (broad SMARTS) is 1. The number of anilines is 5. The Morgan fingerprint density at radius 1 is 0.553 bits per heavy atom. The molecule has 12 N–H and O–H groups in total. The molecule has 0 aliphatic carbocycles. The summed E-state index contributed by atoms with van der Waals surface area (Å²) in [6, 6.07) is 6.69. The number of quaternary nitrogens is 1. The number of alkyl halides is 3. The Morgan fingerprint density at radius 2 is 0.908 bits per heavy atom. The average molecular weight is 1070 g/mol. The molecule has 0 spiro atoms. The zero-order chi connectivity index (χ0) is 56.2. The van der Waals surface area contributed by atoms with Gasteiger partial charge in [0.05, 0.1) is 35.0 Å². The van der Waals surface area contributed by atoms with Gasteiger partial charge in [-0.25, -0.2) is 4.98 Å². The Morgan fingerprint density at radius 3 is 1.26 bits per heavy atom. The van der Waals surface area contributed by atoms with Crippen LogP contribution >= 0.6 is 0 Å². The molecule has 6 aromatic heterocycles. The first-order valence-electron chi connectivity index (χ1n) is 22.7. The molecule has 0 bridgehead atoms. The van der Waals surface area contributed by atoms with E-state index in [9.17, 15) is 51.5 Å². The highest BCUT2D eigenvalue weighted by Crippen LogP contribution is 2.21. The van der Waals surface area contributed by atoms with Crippen LogP contribution in [0.2, 0.25) is 0 Å². The van der Waals surface area contributed by atoms with Crippen molar-refractivity contribution in [3.8, 4) is 0 Å². The summed E-state index contributed by atoms with van der Waals surface area (Å²) in [4.78, 5) is 116. The summed E-state index contributed by atoms with van der Waals surface area (Å²) in [5, 5.41) is 39.3. The fourth-order valence-electron chi connectivity index (χ4n) is 7.14. The van der Waals surface area contributed by atoms with Crippen LogP contribution in [0.15, 0.2) is 73.7 Å². The molecule has 0 saturated carbocycles. The highest BCUT2D eigenvalue weighted by molar-refractivity contribution is 6.09. The maximum atomic E-state index is 13.3. The smallest absolute Gasteiger partial charge is 0.430 e. The molecule has 76 heavy (non-hydrogen) atoms. The van der Waals surface area contributed by atoms with Crippen LogP contribution in [-0.4, -0.2) is 129 Å². The third-order valence-corrected chi connectivity index (χ3v) is 11.0. The highest BCUT2D eigenvalue weighted by Gasteiger charge is 2.29. The van der Waals surface area contributed by atoms with Crippen molar-refractivity contribution in [1.29, 1.82) is 0 Å². The Labute approximate surface area is 429 Å². The Kier molecular flexibility index (Phi) is 18.9. The van der Waals surface area contributed by atoms with Gasteiger partial charge in [0.25, 0.3) is 41.4 Å². The van der Waals surface area contributed by atoms with E-state index in [1.165, 1.54) is 50.2 Å². The molecule has 8 amide bonds.